The Balaban J connectivity index is 2.50. The summed E-state index contributed by atoms with van der Waals surface area (Å²) in [5.41, 5.74) is 0. The first-order chi connectivity index (χ1) is 6.31. The molecule has 0 aliphatic carbocycles. The summed E-state index contributed by atoms with van der Waals surface area (Å²) in [5, 5.41) is 0. The SMILES string of the molecule is O=S(=O)(CCC(F)(F)F)N1CCCC1. The van der Waals surface area contributed by atoms with Crippen molar-refractivity contribution in [1.82, 2.24) is 4.31 Å². The average molecular weight is 231 g/mol. The van der Waals surface area contributed by atoms with Crippen LogP contribution in [0.1, 0.15) is 19.3 Å². The third-order valence-electron chi connectivity index (χ3n) is 2.10. The zero-order chi connectivity index (χ0) is 10.8. The molecular weight excluding hydrogens is 219 g/mol. The molecule has 0 saturated carbocycles. The van der Waals surface area contributed by atoms with Gasteiger partial charge in [-0.3, -0.25) is 0 Å². The van der Waals surface area contributed by atoms with E-state index in [1.54, 1.807) is 0 Å². The third-order valence-corrected chi connectivity index (χ3v) is 3.97. The van der Waals surface area contributed by atoms with Crippen molar-refractivity contribution in [1.29, 1.82) is 0 Å². The van der Waals surface area contributed by atoms with Gasteiger partial charge in [0.05, 0.1) is 12.2 Å². The number of nitrogens with zero attached hydrogens (tertiary/aromatic N) is 1. The Morgan fingerprint density at radius 3 is 2.07 bits per heavy atom. The van der Waals surface area contributed by atoms with E-state index in [2.05, 4.69) is 0 Å². The predicted molar refractivity (Wildman–Crippen MR) is 45.3 cm³/mol. The van der Waals surface area contributed by atoms with Gasteiger partial charge >= 0.3 is 6.18 Å². The average Bonchev–Trinajstić information content (AvgIpc) is 2.52. The van der Waals surface area contributed by atoms with Crippen molar-refractivity contribution in [2.45, 2.75) is 25.4 Å². The molecule has 0 unspecified atom stereocenters. The number of sulfonamides is 1. The van der Waals surface area contributed by atoms with E-state index in [9.17, 15) is 21.6 Å². The molecule has 1 aliphatic rings. The first-order valence-electron chi connectivity index (χ1n) is 4.36. The van der Waals surface area contributed by atoms with Gasteiger partial charge < -0.3 is 0 Å². The molecule has 0 bridgehead atoms. The van der Waals surface area contributed by atoms with Crippen molar-refractivity contribution >= 4 is 10.0 Å². The number of hydrogen-bond acceptors (Lipinski definition) is 2. The van der Waals surface area contributed by atoms with E-state index in [1.165, 1.54) is 0 Å². The quantitative estimate of drug-likeness (QED) is 0.735. The monoisotopic (exact) mass is 231 g/mol. The van der Waals surface area contributed by atoms with E-state index in [4.69, 9.17) is 0 Å². The summed E-state index contributed by atoms with van der Waals surface area (Å²) < 4.78 is 59.1. The Morgan fingerprint density at radius 1 is 1.14 bits per heavy atom. The summed E-state index contributed by atoms with van der Waals surface area (Å²) in [7, 11) is -3.68. The molecule has 14 heavy (non-hydrogen) atoms. The van der Waals surface area contributed by atoms with Crippen LogP contribution in [0.3, 0.4) is 0 Å². The molecule has 0 aromatic carbocycles. The highest BCUT2D eigenvalue weighted by Gasteiger charge is 2.33. The van der Waals surface area contributed by atoms with Crippen LogP contribution in [0.5, 0.6) is 0 Å². The Morgan fingerprint density at radius 2 is 1.64 bits per heavy atom. The lowest BCUT2D eigenvalue weighted by Crippen LogP contribution is -2.31. The molecule has 1 aliphatic heterocycles. The fourth-order valence-electron chi connectivity index (χ4n) is 1.34. The van der Waals surface area contributed by atoms with Gasteiger partial charge in [-0.05, 0) is 12.8 Å². The molecule has 1 heterocycles. The summed E-state index contributed by atoms with van der Waals surface area (Å²) in [6.45, 7) is 0.723. The molecule has 0 spiro atoms. The lowest BCUT2D eigenvalue weighted by atomic mass is 10.4. The molecule has 7 heteroatoms. The van der Waals surface area contributed by atoms with Gasteiger partial charge in [-0.15, -0.1) is 0 Å². The van der Waals surface area contributed by atoms with Gasteiger partial charge in [-0.2, -0.15) is 13.2 Å². The topological polar surface area (TPSA) is 37.4 Å². The van der Waals surface area contributed by atoms with Crippen molar-refractivity contribution in [3.8, 4) is 0 Å². The minimum Gasteiger partial charge on any atom is -0.212 e. The van der Waals surface area contributed by atoms with E-state index in [-0.39, 0.29) is 0 Å². The molecule has 3 nitrogen and oxygen atoms in total. The fraction of sp³-hybridized carbons (Fsp3) is 1.00. The van der Waals surface area contributed by atoms with E-state index < -0.39 is 28.4 Å². The van der Waals surface area contributed by atoms with Crippen LogP contribution in [0.15, 0.2) is 0 Å². The van der Waals surface area contributed by atoms with Crippen LogP contribution < -0.4 is 0 Å². The lowest BCUT2D eigenvalue weighted by Gasteiger charge is -2.15. The molecular formula is C7H12F3NO2S. The van der Waals surface area contributed by atoms with Gasteiger partial charge in [0.2, 0.25) is 10.0 Å². The summed E-state index contributed by atoms with van der Waals surface area (Å²) >= 11 is 0. The second-order valence-electron chi connectivity index (χ2n) is 3.29. The molecule has 0 amide bonds. The second-order valence-corrected chi connectivity index (χ2v) is 5.38. The molecule has 1 saturated heterocycles. The zero-order valence-electron chi connectivity index (χ0n) is 7.55. The minimum absolute atomic E-state index is 0.361. The van der Waals surface area contributed by atoms with Crippen molar-refractivity contribution < 1.29 is 21.6 Å². The van der Waals surface area contributed by atoms with Gasteiger partial charge in [0.25, 0.3) is 0 Å². The Hall–Kier alpha value is -0.300. The normalized spacial score (nSPS) is 20.2. The zero-order valence-corrected chi connectivity index (χ0v) is 8.36. The molecule has 0 N–H and O–H groups in total. The Kier molecular flexibility index (Phi) is 3.41. The highest BCUT2D eigenvalue weighted by molar-refractivity contribution is 7.89. The second kappa shape index (κ2) is 4.06. The molecule has 84 valence electrons. The summed E-state index contributed by atoms with van der Waals surface area (Å²) in [4.78, 5) is 0. The van der Waals surface area contributed by atoms with E-state index >= 15 is 0 Å². The molecule has 0 aromatic heterocycles. The summed E-state index contributed by atoms with van der Waals surface area (Å²) in [5.74, 6) is -0.823. The summed E-state index contributed by atoms with van der Waals surface area (Å²) in [6.07, 6.45) is -4.17. The molecule has 0 atom stereocenters. The van der Waals surface area contributed by atoms with Crippen LogP contribution >= 0.6 is 0 Å². The van der Waals surface area contributed by atoms with Crippen molar-refractivity contribution in [2.75, 3.05) is 18.8 Å². The van der Waals surface area contributed by atoms with E-state index in [0.29, 0.717) is 13.1 Å². The maximum atomic E-state index is 11.8. The van der Waals surface area contributed by atoms with Crippen LogP contribution in [0, 0.1) is 0 Å². The number of alkyl halides is 3. The van der Waals surface area contributed by atoms with Gasteiger partial charge in [0.15, 0.2) is 0 Å². The maximum Gasteiger partial charge on any atom is 0.390 e. The number of halogens is 3. The van der Waals surface area contributed by atoms with Crippen LogP contribution in [0.4, 0.5) is 13.2 Å². The maximum absolute atomic E-state index is 11.8. The highest BCUT2D eigenvalue weighted by Crippen LogP contribution is 2.22. The first-order valence-corrected chi connectivity index (χ1v) is 5.97. The van der Waals surface area contributed by atoms with Gasteiger partial charge in [0.1, 0.15) is 0 Å². The first kappa shape index (κ1) is 11.8. The van der Waals surface area contributed by atoms with E-state index in [1.807, 2.05) is 0 Å². The number of rotatable bonds is 3. The van der Waals surface area contributed by atoms with Crippen LogP contribution in [-0.4, -0.2) is 37.7 Å². The summed E-state index contributed by atoms with van der Waals surface area (Å²) in [6, 6.07) is 0. The molecule has 1 fully saturated rings. The van der Waals surface area contributed by atoms with Crippen molar-refractivity contribution in [3.05, 3.63) is 0 Å². The fourth-order valence-corrected chi connectivity index (χ4v) is 2.90. The van der Waals surface area contributed by atoms with Crippen molar-refractivity contribution in [3.63, 3.8) is 0 Å². The smallest absolute Gasteiger partial charge is 0.212 e. The van der Waals surface area contributed by atoms with Gasteiger partial charge in [-0.1, -0.05) is 0 Å². The molecule has 0 aromatic rings. The van der Waals surface area contributed by atoms with E-state index in [0.717, 1.165) is 17.1 Å². The predicted octanol–water partition coefficient (Wildman–Crippen LogP) is 1.36. The van der Waals surface area contributed by atoms with Crippen LogP contribution in [-0.2, 0) is 10.0 Å². The number of hydrogen-bond donors (Lipinski definition) is 0. The minimum atomic E-state index is -4.40. The van der Waals surface area contributed by atoms with Gasteiger partial charge in [-0.25, -0.2) is 12.7 Å². The lowest BCUT2D eigenvalue weighted by molar-refractivity contribution is -0.130. The van der Waals surface area contributed by atoms with Crippen LogP contribution in [0.25, 0.3) is 0 Å². The van der Waals surface area contributed by atoms with Crippen LogP contribution in [0.2, 0.25) is 0 Å². The highest BCUT2D eigenvalue weighted by atomic mass is 32.2. The van der Waals surface area contributed by atoms with Gasteiger partial charge in [0, 0.05) is 13.1 Å². The Bertz CT molecular complexity index is 280. The third kappa shape index (κ3) is 3.45. The molecule has 1 rings (SSSR count). The Labute approximate surface area is 80.9 Å². The standard InChI is InChI=1S/C7H12F3NO2S/c8-7(9,10)3-6-14(12,13)11-4-1-2-5-11/h1-6H2. The largest absolute Gasteiger partial charge is 0.390 e. The van der Waals surface area contributed by atoms with Crippen molar-refractivity contribution in [2.24, 2.45) is 0 Å². The molecule has 0 radical (unpaired) electrons.